The summed E-state index contributed by atoms with van der Waals surface area (Å²) in [5.74, 6) is -1.75. The number of hydrogen-bond acceptors (Lipinski definition) is 4. The van der Waals surface area contributed by atoms with Gasteiger partial charge < -0.3 is 22.3 Å². The topological polar surface area (TPSA) is 145 Å². The predicted molar refractivity (Wildman–Crippen MR) is 92.1 cm³/mol. The summed E-state index contributed by atoms with van der Waals surface area (Å²) in [6.45, 7) is 2.43. The molecule has 0 aromatic rings. The van der Waals surface area contributed by atoms with Gasteiger partial charge in [0.05, 0.1) is 0 Å². The molecule has 134 valence electrons. The van der Waals surface area contributed by atoms with Crippen molar-refractivity contribution in [3.63, 3.8) is 0 Å². The Morgan fingerprint density at radius 3 is 2.09 bits per heavy atom. The van der Waals surface area contributed by atoms with E-state index in [0.717, 1.165) is 19.3 Å². The third kappa shape index (κ3) is 9.18. The number of nitrogens with zero attached hydrogens (tertiary/aromatic N) is 1. The van der Waals surface area contributed by atoms with Crippen LogP contribution in [0.25, 0.3) is 0 Å². The van der Waals surface area contributed by atoms with Crippen molar-refractivity contribution in [3.05, 3.63) is 0 Å². The number of guanidine groups is 1. The summed E-state index contributed by atoms with van der Waals surface area (Å²) in [6.07, 6.45) is 8.09. The number of rotatable bonds is 14. The van der Waals surface area contributed by atoms with Gasteiger partial charge in [-0.25, -0.2) is 4.79 Å². The van der Waals surface area contributed by atoms with E-state index in [0.29, 0.717) is 12.8 Å². The molecule has 0 aliphatic heterocycles. The molecule has 0 aromatic heterocycles. The standard InChI is InChI=1S/C16H32N4O3/c1-2-3-4-5-6-7-8-10-13(21)16(19,14(22)23)11-9-12-20-15(17)18/h2-12,19H2,1H3,(H,22,23)(H4,17,18,20). The smallest absolute Gasteiger partial charge is 0.331 e. The van der Waals surface area contributed by atoms with E-state index in [9.17, 15) is 14.7 Å². The molecule has 23 heavy (non-hydrogen) atoms. The molecule has 0 aromatic carbocycles. The van der Waals surface area contributed by atoms with Crippen LogP contribution in [0.3, 0.4) is 0 Å². The lowest BCUT2D eigenvalue weighted by Gasteiger charge is -2.23. The molecule has 0 rings (SSSR count). The van der Waals surface area contributed by atoms with Crippen molar-refractivity contribution in [3.8, 4) is 0 Å². The highest BCUT2D eigenvalue weighted by atomic mass is 16.4. The second kappa shape index (κ2) is 11.9. The van der Waals surface area contributed by atoms with Gasteiger partial charge in [-0.15, -0.1) is 0 Å². The van der Waals surface area contributed by atoms with E-state index in [-0.39, 0.29) is 25.3 Å². The second-order valence-corrected chi connectivity index (χ2v) is 5.98. The minimum atomic E-state index is -1.83. The highest BCUT2D eigenvalue weighted by Crippen LogP contribution is 2.17. The number of carbonyl (C=O) groups excluding carboxylic acids is 1. The van der Waals surface area contributed by atoms with Gasteiger partial charge in [-0.1, -0.05) is 45.4 Å². The monoisotopic (exact) mass is 328 g/mol. The average Bonchev–Trinajstić information content (AvgIpc) is 2.49. The van der Waals surface area contributed by atoms with Crippen LogP contribution in [0.2, 0.25) is 0 Å². The number of carboxylic acids is 1. The summed E-state index contributed by atoms with van der Waals surface area (Å²) in [6, 6.07) is 0. The molecule has 0 saturated carbocycles. The van der Waals surface area contributed by atoms with Gasteiger partial charge in [0.1, 0.15) is 0 Å². The maximum absolute atomic E-state index is 12.2. The summed E-state index contributed by atoms with van der Waals surface area (Å²) in [5, 5.41) is 9.28. The maximum Gasteiger partial charge on any atom is 0.331 e. The molecule has 0 aliphatic carbocycles. The number of unbranched alkanes of at least 4 members (excludes halogenated alkanes) is 6. The molecular formula is C16H32N4O3. The number of aliphatic carboxylic acids is 1. The predicted octanol–water partition coefficient (Wildman–Crippen LogP) is 1.53. The van der Waals surface area contributed by atoms with Crippen LogP contribution in [0.1, 0.15) is 71.1 Å². The van der Waals surface area contributed by atoms with Crippen molar-refractivity contribution in [1.82, 2.24) is 0 Å². The van der Waals surface area contributed by atoms with Crippen LogP contribution in [0, 0.1) is 0 Å². The minimum Gasteiger partial charge on any atom is -0.480 e. The van der Waals surface area contributed by atoms with Crippen LogP contribution in [-0.4, -0.2) is 34.9 Å². The zero-order valence-corrected chi connectivity index (χ0v) is 14.2. The SMILES string of the molecule is CCCCCCCCCC(=O)C(N)(CCCN=C(N)N)C(=O)O. The van der Waals surface area contributed by atoms with E-state index in [1.807, 2.05) is 0 Å². The van der Waals surface area contributed by atoms with Crippen LogP contribution >= 0.6 is 0 Å². The number of hydrogen-bond donors (Lipinski definition) is 4. The summed E-state index contributed by atoms with van der Waals surface area (Å²) in [7, 11) is 0. The van der Waals surface area contributed by atoms with Crippen molar-refractivity contribution in [2.24, 2.45) is 22.2 Å². The first-order chi connectivity index (χ1) is 10.8. The van der Waals surface area contributed by atoms with Crippen LogP contribution < -0.4 is 17.2 Å². The molecule has 7 nitrogen and oxygen atoms in total. The molecule has 1 unspecified atom stereocenters. The van der Waals surface area contributed by atoms with E-state index < -0.39 is 17.3 Å². The van der Waals surface area contributed by atoms with Crippen LogP contribution in [0.15, 0.2) is 4.99 Å². The van der Waals surface area contributed by atoms with Crippen LogP contribution in [-0.2, 0) is 9.59 Å². The molecule has 1 atom stereocenters. The van der Waals surface area contributed by atoms with Gasteiger partial charge >= 0.3 is 5.97 Å². The highest BCUT2D eigenvalue weighted by Gasteiger charge is 2.40. The Hall–Kier alpha value is -1.63. The zero-order chi connectivity index (χ0) is 17.7. The molecule has 0 radical (unpaired) electrons. The van der Waals surface area contributed by atoms with E-state index in [4.69, 9.17) is 17.2 Å². The Bertz CT molecular complexity index is 395. The van der Waals surface area contributed by atoms with Gasteiger partial charge in [0, 0.05) is 13.0 Å². The first-order valence-corrected chi connectivity index (χ1v) is 8.45. The fourth-order valence-electron chi connectivity index (χ4n) is 2.40. The van der Waals surface area contributed by atoms with Gasteiger partial charge in [0.25, 0.3) is 0 Å². The normalized spacial score (nSPS) is 13.3. The summed E-state index contributed by atoms with van der Waals surface area (Å²) < 4.78 is 0. The molecule has 0 spiro atoms. The highest BCUT2D eigenvalue weighted by molar-refractivity contribution is 6.07. The lowest BCUT2D eigenvalue weighted by molar-refractivity contribution is -0.148. The van der Waals surface area contributed by atoms with Crippen molar-refractivity contribution in [2.75, 3.05) is 6.54 Å². The van der Waals surface area contributed by atoms with Gasteiger partial charge in [-0.05, 0) is 19.3 Å². The third-order valence-corrected chi connectivity index (χ3v) is 3.91. The molecule has 7 heteroatoms. The van der Waals surface area contributed by atoms with Crippen molar-refractivity contribution >= 4 is 17.7 Å². The van der Waals surface area contributed by atoms with Crippen molar-refractivity contribution in [1.29, 1.82) is 0 Å². The number of ketones is 1. The summed E-state index contributed by atoms with van der Waals surface area (Å²) in [5.41, 5.74) is 14.4. The largest absolute Gasteiger partial charge is 0.480 e. The molecular weight excluding hydrogens is 296 g/mol. The first kappa shape index (κ1) is 21.4. The molecule has 0 saturated heterocycles. The van der Waals surface area contributed by atoms with Crippen LogP contribution in [0.5, 0.6) is 0 Å². The van der Waals surface area contributed by atoms with E-state index >= 15 is 0 Å². The van der Waals surface area contributed by atoms with Gasteiger partial charge in [0.2, 0.25) is 0 Å². The lowest BCUT2D eigenvalue weighted by Crippen LogP contribution is -2.55. The molecule has 0 heterocycles. The number of nitrogens with two attached hydrogens (primary N) is 3. The quantitative estimate of drug-likeness (QED) is 0.165. The minimum absolute atomic E-state index is 0.0362. The Kier molecular flexibility index (Phi) is 11.0. The van der Waals surface area contributed by atoms with Crippen LogP contribution in [0.4, 0.5) is 0 Å². The second-order valence-electron chi connectivity index (χ2n) is 5.98. The first-order valence-electron chi connectivity index (χ1n) is 8.45. The van der Waals surface area contributed by atoms with Gasteiger partial charge in [-0.2, -0.15) is 0 Å². The zero-order valence-electron chi connectivity index (χ0n) is 14.2. The molecule has 7 N–H and O–H groups in total. The van der Waals surface area contributed by atoms with E-state index in [1.54, 1.807) is 0 Å². The molecule has 0 fully saturated rings. The number of carbonyl (C=O) groups is 2. The third-order valence-electron chi connectivity index (χ3n) is 3.91. The number of aliphatic imine (C=N–C) groups is 1. The Labute approximate surface area is 138 Å². The van der Waals surface area contributed by atoms with Crippen molar-refractivity contribution < 1.29 is 14.7 Å². The molecule has 0 aliphatic rings. The van der Waals surface area contributed by atoms with Gasteiger partial charge in [-0.3, -0.25) is 9.79 Å². The lowest BCUT2D eigenvalue weighted by atomic mass is 9.87. The average molecular weight is 328 g/mol. The Morgan fingerprint density at radius 1 is 1.00 bits per heavy atom. The molecule has 0 amide bonds. The van der Waals surface area contributed by atoms with Crippen molar-refractivity contribution in [2.45, 2.75) is 76.7 Å². The fourth-order valence-corrected chi connectivity index (χ4v) is 2.40. The maximum atomic E-state index is 12.2. The Balaban J connectivity index is 4.18. The molecule has 0 bridgehead atoms. The summed E-state index contributed by atoms with van der Waals surface area (Å²) in [4.78, 5) is 27.3. The van der Waals surface area contributed by atoms with Gasteiger partial charge in [0.15, 0.2) is 17.3 Å². The van der Waals surface area contributed by atoms with E-state index in [1.165, 1.54) is 19.3 Å². The van der Waals surface area contributed by atoms with E-state index in [2.05, 4.69) is 11.9 Å². The number of Topliss-reactive ketones (excluding diaryl/α,β-unsaturated/α-hetero) is 1. The Morgan fingerprint density at radius 2 is 1.57 bits per heavy atom. The number of carboxylic acid groups (broad SMARTS) is 1. The fraction of sp³-hybridized carbons (Fsp3) is 0.812. The summed E-state index contributed by atoms with van der Waals surface area (Å²) >= 11 is 0.